The summed E-state index contributed by atoms with van der Waals surface area (Å²) >= 11 is 6.74. The number of thiocarbonyl (C=S) groups is 1. The van der Waals surface area contributed by atoms with E-state index in [1.807, 2.05) is 35.7 Å². The van der Waals surface area contributed by atoms with Crippen LogP contribution in [0.3, 0.4) is 0 Å². The molecular formula is C16H12N2O2S2. The summed E-state index contributed by atoms with van der Waals surface area (Å²) in [4.78, 5) is 28.7. The summed E-state index contributed by atoms with van der Waals surface area (Å²) in [5.74, 6) is -0.775. The molecule has 6 heteroatoms. The summed E-state index contributed by atoms with van der Waals surface area (Å²) in [5.41, 5.74) is 0.760. The van der Waals surface area contributed by atoms with Gasteiger partial charge < -0.3 is 0 Å². The van der Waals surface area contributed by atoms with Crippen molar-refractivity contribution in [1.82, 2.24) is 4.90 Å². The van der Waals surface area contributed by atoms with Gasteiger partial charge >= 0.3 is 0 Å². The van der Waals surface area contributed by atoms with Gasteiger partial charge in [0.25, 0.3) is 11.8 Å². The fraction of sp³-hybridized carbons (Fsp3) is 0.0625. The molecule has 0 atom stereocenters. The predicted molar refractivity (Wildman–Crippen MR) is 91.6 cm³/mol. The number of hydrogen-bond donors (Lipinski definition) is 0. The van der Waals surface area contributed by atoms with Crippen LogP contribution < -0.4 is 4.90 Å². The smallest absolute Gasteiger partial charge is 0.270 e. The second-order valence-electron chi connectivity index (χ2n) is 4.70. The Balaban J connectivity index is 2.07. The zero-order valence-corrected chi connectivity index (χ0v) is 13.4. The largest absolute Gasteiger partial charge is 0.287 e. The minimum atomic E-state index is -0.396. The van der Waals surface area contributed by atoms with E-state index < -0.39 is 5.91 Å². The molecule has 1 saturated heterocycles. The molecule has 1 fully saturated rings. The van der Waals surface area contributed by atoms with Crippen LogP contribution in [0.25, 0.3) is 6.08 Å². The van der Waals surface area contributed by atoms with Crippen molar-refractivity contribution in [2.45, 2.75) is 0 Å². The maximum Gasteiger partial charge on any atom is 0.270 e. The monoisotopic (exact) mass is 328 g/mol. The van der Waals surface area contributed by atoms with Crippen LogP contribution in [0.2, 0.25) is 0 Å². The number of para-hydroxylation sites is 1. The van der Waals surface area contributed by atoms with Gasteiger partial charge in [0.1, 0.15) is 5.57 Å². The van der Waals surface area contributed by atoms with Crippen LogP contribution in [-0.4, -0.2) is 28.9 Å². The van der Waals surface area contributed by atoms with Gasteiger partial charge in [-0.1, -0.05) is 24.3 Å². The van der Waals surface area contributed by atoms with Gasteiger partial charge in [-0.25, -0.2) is 0 Å². The summed E-state index contributed by atoms with van der Waals surface area (Å²) in [5, 5.41) is 2.08. The molecule has 1 aromatic carbocycles. The Bertz CT molecular complexity index is 767. The van der Waals surface area contributed by atoms with Crippen molar-refractivity contribution in [2.24, 2.45) is 0 Å². The molecule has 1 aliphatic rings. The average molecular weight is 328 g/mol. The molecule has 0 saturated carbocycles. The Labute approximate surface area is 137 Å². The van der Waals surface area contributed by atoms with E-state index in [1.165, 1.54) is 21.1 Å². The van der Waals surface area contributed by atoms with Crippen LogP contribution in [0.15, 0.2) is 53.4 Å². The molecule has 3 rings (SSSR count). The first-order valence-electron chi connectivity index (χ1n) is 6.56. The fourth-order valence-corrected chi connectivity index (χ4v) is 3.09. The minimum absolute atomic E-state index is 0.113. The number of carbonyl (C=O) groups excluding carboxylic acids is 2. The number of anilines is 1. The van der Waals surface area contributed by atoms with Crippen molar-refractivity contribution in [2.75, 3.05) is 11.9 Å². The number of hydrogen-bond acceptors (Lipinski definition) is 4. The Kier molecular flexibility index (Phi) is 3.87. The highest BCUT2D eigenvalue weighted by molar-refractivity contribution is 7.80. The van der Waals surface area contributed by atoms with E-state index in [0.717, 1.165) is 4.88 Å². The first kappa shape index (κ1) is 14.6. The zero-order valence-electron chi connectivity index (χ0n) is 11.7. The molecule has 4 nitrogen and oxygen atoms in total. The standard InChI is InChI=1S/C16H12N2O2S2/c1-17-14(19)13(10-12-8-5-9-22-12)15(20)18(16(17)21)11-6-3-2-4-7-11/h2-10H,1H3/b13-10+. The van der Waals surface area contributed by atoms with E-state index in [2.05, 4.69) is 0 Å². The van der Waals surface area contributed by atoms with Gasteiger partial charge in [0, 0.05) is 11.9 Å². The van der Waals surface area contributed by atoms with Crippen LogP contribution in [0.1, 0.15) is 4.88 Å². The minimum Gasteiger partial charge on any atom is -0.287 e. The quantitative estimate of drug-likeness (QED) is 0.483. The van der Waals surface area contributed by atoms with Crippen molar-refractivity contribution < 1.29 is 9.59 Å². The molecule has 2 amide bonds. The van der Waals surface area contributed by atoms with E-state index in [-0.39, 0.29) is 16.6 Å². The number of thiophene rings is 1. The van der Waals surface area contributed by atoms with Crippen LogP contribution in [-0.2, 0) is 9.59 Å². The second-order valence-corrected chi connectivity index (χ2v) is 6.04. The molecule has 0 aliphatic carbocycles. The third kappa shape index (κ3) is 2.47. The molecule has 0 bridgehead atoms. The molecule has 0 unspecified atom stereocenters. The average Bonchev–Trinajstić information content (AvgIpc) is 3.04. The van der Waals surface area contributed by atoms with E-state index in [4.69, 9.17) is 12.2 Å². The number of benzene rings is 1. The Morgan fingerprint density at radius 2 is 1.77 bits per heavy atom. The third-order valence-electron chi connectivity index (χ3n) is 3.29. The predicted octanol–water partition coefficient (Wildman–Crippen LogP) is 2.92. The van der Waals surface area contributed by atoms with E-state index in [9.17, 15) is 9.59 Å². The Morgan fingerprint density at radius 1 is 1.05 bits per heavy atom. The molecule has 22 heavy (non-hydrogen) atoms. The first-order chi connectivity index (χ1) is 10.6. The molecule has 0 spiro atoms. The van der Waals surface area contributed by atoms with Crippen molar-refractivity contribution in [1.29, 1.82) is 0 Å². The van der Waals surface area contributed by atoms with Crippen LogP contribution >= 0.6 is 23.6 Å². The topological polar surface area (TPSA) is 40.6 Å². The lowest BCUT2D eigenvalue weighted by Crippen LogP contribution is -2.54. The van der Waals surface area contributed by atoms with E-state index in [1.54, 1.807) is 25.3 Å². The summed E-state index contributed by atoms with van der Waals surface area (Å²) in [6.45, 7) is 0. The van der Waals surface area contributed by atoms with Gasteiger partial charge in [0.2, 0.25) is 0 Å². The third-order valence-corrected chi connectivity index (χ3v) is 4.57. The number of nitrogens with zero attached hydrogens (tertiary/aromatic N) is 2. The number of rotatable bonds is 2. The lowest BCUT2D eigenvalue weighted by atomic mass is 10.1. The molecule has 2 aromatic rings. The molecule has 1 aliphatic heterocycles. The highest BCUT2D eigenvalue weighted by Crippen LogP contribution is 2.25. The highest BCUT2D eigenvalue weighted by atomic mass is 32.1. The van der Waals surface area contributed by atoms with E-state index >= 15 is 0 Å². The van der Waals surface area contributed by atoms with Gasteiger partial charge in [-0.3, -0.25) is 19.4 Å². The van der Waals surface area contributed by atoms with Crippen molar-refractivity contribution in [3.8, 4) is 0 Å². The Hall–Kier alpha value is -2.31. The first-order valence-corrected chi connectivity index (χ1v) is 7.85. The number of carbonyl (C=O) groups is 2. The molecule has 0 N–H and O–H groups in total. The van der Waals surface area contributed by atoms with Gasteiger partial charge in [0.05, 0.1) is 5.69 Å². The van der Waals surface area contributed by atoms with Gasteiger partial charge in [-0.05, 0) is 41.9 Å². The molecule has 2 heterocycles. The van der Waals surface area contributed by atoms with Gasteiger partial charge in [-0.2, -0.15) is 0 Å². The summed E-state index contributed by atoms with van der Waals surface area (Å²) < 4.78 is 0. The summed E-state index contributed by atoms with van der Waals surface area (Å²) in [6.07, 6.45) is 1.61. The lowest BCUT2D eigenvalue weighted by molar-refractivity contribution is -0.127. The zero-order chi connectivity index (χ0) is 15.7. The fourth-order valence-electron chi connectivity index (χ4n) is 2.16. The highest BCUT2D eigenvalue weighted by Gasteiger charge is 2.38. The Morgan fingerprint density at radius 3 is 2.41 bits per heavy atom. The van der Waals surface area contributed by atoms with Crippen LogP contribution in [0.5, 0.6) is 0 Å². The SMILES string of the molecule is CN1C(=O)/C(=C\c2cccs2)C(=O)N(c2ccccc2)C1=S. The van der Waals surface area contributed by atoms with Crippen molar-refractivity contribution in [3.05, 3.63) is 58.3 Å². The van der Waals surface area contributed by atoms with Crippen molar-refractivity contribution in [3.63, 3.8) is 0 Å². The molecule has 1 aromatic heterocycles. The van der Waals surface area contributed by atoms with Gasteiger partial charge in [-0.15, -0.1) is 11.3 Å². The number of likely N-dealkylation sites (N-methyl/N-ethyl adjacent to an activating group) is 1. The maximum atomic E-state index is 12.7. The summed E-state index contributed by atoms with van der Waals surface area (Å²) in [7, 11) is 1.58. The molecule has 0 radical (unpaired) electrons. The lowest BCUT2D eigenvalue weighted by Gasteiger charge is -2.34. The van der Waals surface area contributed by atoms with Crippen LogP contribution in [0, 0.1) is 0 Å². The van der Waals surface area contributed by atoms with Crippen molar-refractivity contribution >= 4 is 52.2 Å². The van der Waals surface area contributed by atoms with Crippen LogP contribution in [0.4, 0.5) is 5.69 Å². The maximum absolute atomic E-state index is 12.7. The van der Waals surface area contributed by atoms with Gasteiger partial charge in [0.15, 0.2) is 5.11 Å². The summed E-state index contributed by atoms with van der Waals surface area (Å²) in [6, 6.07) is 12.8. The normalized spacial score (nSPS) is 17.5. The molecular weight excluding hydrogens is 316 g/mol. The molecule has 110 valence electrons. The van der Waals surface area contributed by atoms with E-state index in [0.29, 0.717) is 5.69 Å². The number of amides is 2. The second kappa shape index (κ2) is 5.82.